The molecule has 1 aliphatic rings. The van der Waals surface area contributed by atoms with E-state index in [1.54, 1.807) is 13.8 Å². The zero-order valence-electron chi connectivity index (χ0n) is 11.7. The van der Waals surface area contributed by atoms with Crippen LogP contribution in [0.4, 0.5) is 0 Å². The van der Waals surface area contributed by atoms with Gasteiger partial charge in [0.2, 0.25) is 0 Å². The van der Waals surface area contributed by atoms with Gasteiger partial charge >= 0.3 is 5.97 Å². The molecule has 1 saturated heterocycles. The monoisotopic (exact) mass is 292 g/mol. The molecule has 0 aromatic carbocycles. The van der Waals surface area contributed by atoms with Gasteiger partial charge in [0.25, 0.3) is 10.2 Å². The zero-order valence-corrected chi connectivity index (χ0v) is 12.5. The molecule has 0 aromatic rings. The molecule has 112 valence electrons. The van der Waals surface area contributed by atoms with Crippen molar-refractivity contribution in [2.75, 3.05) is 19.6 Å². The van der Waals surface area contributed by atoms with Crippen LogP contribution >= 0.6 is 0 Å². The maximum Gasteiger partial charge on any atom is 0.310 e. The van der Waals surface area contributed by atoms with E-state index < -0.39 is 21.6 Å². The van der Waals surface area contributed by atoms with Crippen molar-refractivity contribution < 1.29 is 18.3 Å². The van der Waals surface area contributed by atoms with Gasteiger partial charge < -0.3 is 5.11 Å². The molecule has 1 fully saturated rings. The summed E-state index contributed by atoms with van der Waals surface area (Å²) in [6.07, 6.45) is 4.21. The Morgan fingerprint density at radius 3 is 2.21 bits per heavy atom. The Balaban J connectivity index is 2.66. The van der Waals surface area contributed by atoms with Crippen LogP contribution in [-0.4, -0.2) is 43.4 Å². The summed E-state index contributed by atoms with van der Waals surface area (Å²) in [6, 6.07) is 0. The van der Waals surface area contributed by atoms with Crippen molar-refractivity contribution in [1.29, 1.82) is 0 Å². The van der Waals surface area contributed by atoms with Gasteiger partial charge in [0.05, 0.1) is 5.41 Å². The zero-order chi connectivity index (χ0) is 14.5. The molecule has 1 aliphatic heterocycles. The second-order valence-electron chi connectivity index (χ2n) is 5.36. The molecule has 1 atom stereocenters. The molecule has 0 bridgehead atoms. The molecule has 0 radical (unpaired) electrons. The minimum Gasteiger partial charge on any atom is -0.481 e. The van der Waals surface area contributed by atoms with Crippen LogP contribution in [0.15, 0.2) is 0 Å². The summed E-state index contributed by atoms with van der Waals surface area (Å²) < 4.78 is 28.2. The first-order valence-corrected chi connectivity index (χ1v) is 8.24. The molecule has 0 spiro atoms. The number of carboxylic acid groups (broad SMARTS) is 1. The topological polar surface area (TPSA) is 86.7 Å². The number of nitrogens with one attached hydrogen (secondary N) is 1. The summed E-state index contributed by atoms with van der Waals surface area (Å²) in [6.45, 7) is 4.27. The first-order chi connectivity index (χ1) is 8.82. The maximum atomic E-state index is 12.1. The highest BCUT2D eigenvalue weighted by Crippen LogP contribution is 2.21. The Hall–Kier alpha value is -0.660. The third-order valence-corrected chi connectivity index (χ3v) is 5.40. The average Bonchev–Trinajstić information content (AvgIpc) is 2.65. The van der Waals surface area contributed by atoms with Crippen LogP contribution in [0.1, 0.15) is 46.0 Å². The van der Waals surface area contributed by atoms with E-state index in [1.807, 2.05) is 0 Å². The molecule has 0 saturated carbocycles. The summed E-state index contributed by atoms with van der Waals surface area (Å²) in [5, 5.41) is 9.14. The van der Waals surface area contributed by atoms with E-state index >= 15 is 0 Å². The van der Waals surface area contributed by atoms with E-state index in [1.165, 1.54) is 4.31 Å². The number of hydrogen-bond acceptors (Lipinski definition) is 3. The van der Waals surface area contributed by atoms with Crippen molar-refractivity contribution in [3.05, 3.63) is 0 Å². The van der Waals surface area contributed by atoms with E-state index in [9.17, 15) is 13.2 Å². The van der Waals surface area contributed by atoms with Gasteiger partial charge in [0, 0.05) is 19.6 Å². The second kappa shape index (κ2) is 6.67. The minimum atomic E-state index is -3.56. The Morgan fingerprint density at radius 2 is 1.79 bits per heavy atom. The Labute approximate surface area is 115 Å². The van der Waals surface area contributed by atoms with Gasteiger partial charge in [-0.2, -0.15) is 12.7 Å². The summed E-state index contributed by atoms with van der Waals surface area (Å²) in [7, 11) is -3.56. The SMILES string of the molecule is CCC(C)(CNS(=O)(=O)N1CCCCCC1)C(=O)O. The molecule has 2 N–H and O–H groups in total. The highest BCUT2D eigenvalue weighted by Gasteiger charge is 2.33. The maximum absolute atomic E-state index is 12.1. The lowest BCUT2D eigenvalue weighted by atomic mass is 9.88. The Bertz CT molecular complexity index is 402. The lowest BCUT2D eigenvalue weighted by Crippen LogP contribution is -2.47. The van der Waals surface area contributed by atoms with E-state index in [-0.39, 0.29) is 6.54 Å². The smallest absolute Gasteiger partial charge is 0.310 e. The standard InChI is InChI=1S/C12H24N2O4S/c1-3-12(2,11(15)16)10-13-19(17,18)14-8-6-4-5-7-9-14/h13H,3-10H2,1-2H3,(H,15,16). The third kappa shape index (κ3) is 4.43. The van der Waals surface area contributed by atoms with Crippen molar-refractivity contribution in [3.8, 4) is 0 Å². The van der Waals surface area contributed by atoms with Crippen LogP contribution in [0.25, 0.3) is 0 Å². The van der Waals surface area contributed by atoms with Crippen molar-refractivity contribution in [1.82, 2.24) is 9.03 Å². The van der Waals surface area contributed by atoms with Gasteiger partial charge in [-0.25, -0.2) is 4.72 Å². The van der Waals surface area contributed by atoms with Crippen LogP contribution in [0.2, 0.25) is 0 Å². The number of aliphatic carboxylic acids is 1. The predicted octanol–water partition coefficient (Wildman–Crippen LogP) is 1.20. The van der Waals surface area contributed by atoms with Crippen LogP contribution in [0.3, 0.4) is 0 Å². The molecule has 0 amide bonds. The van der Waals surface area contributed by atoms with E-state index in [0.717, 1.165) is 25.7 Å². The van der Waals surface area contributed by atoms with E-state index in [0.29, 0.717) is 19.5 Å². The van der Waals surface area contributed by atoms with Gasteiger partial charge in [-0.15, -0.1) is 0 Å². The summed E-state index contributed by atoms with van der Waals surface area (Å²) in [5.41, 5.74) is -1.06. The van der Waals surface area contributed by atoms with Gasteiger partial charge in [-0.3, -0.25) is 4.79 Å². The molecule has 0 aromatic heterocycles. The minimum absolute atomic E-state index is 0.0718. The van der Waals surface area contributed by atoms with Crippen LogP contribution < -0.4 is 4.72 Å². The Kier molecular flexibility index (Phi) is 5.76. The molecule has 1 rings (SSSR count). The normalized spacial score (nSPS) is 21.6. The van der Waals surface area contributed by atoms with Crippen molar-refractivity contribution in [3.63, 3.8) is 0 Å². The Morgan fingerprint density at radius 1 is 1.26 bits per heavy atom. The first-order valence-electron chi connectivity index (χ1n) is 6.80. The number of hydrogen-bond donors (Lipinski definition) is 2. The number of carbonyl (C=O) groups is 1. The van der Waals surface area contributed by atoms with Crippen molar-refractivity contribution >= 4 is 16.2 Å². The van der Waals surface area contributed by atoms with Gasteiger partial charge in [0.1, 0.15) is 0 Å². The van der Waals surface area contributed by atoms with Gasteiger partial charge in [-0.05, 0) is 26.2 Å². The van der Waals surface area contributed by atoms with Gasteiger partial charge in [0.15, 0.2) is 0 Å². The molecule has 6 nitrogen and oxygen atoms in total. The van der Waals surface area contributed by atoms with Crippen molar-refractivity contribution in [2.24, 2.45) is 5.41 Å². The third-order valence-electron chi connectivity index (χ3n) is 3.85. The van der Waals surface area contributed by atoms with Crippen molar-refractivity contribution in [2.45, 2.75) is 46.0 Å². The number of rotatable bonds is 6. The summed E-state index contributed by atoms with van der Waals surface area (Å²) in [4.78, 5) is 11.2. The average molecular weight is 292 g/mol. The molecular weight excluding hydrogens is 268 g/mol. The largest absolute Gasteiger partial charge is 0.481 e. The quantitative estimate of drug-likeness (QED) is 0.770. The summed E-state index contributed by atoms with van der Waals surface area (Å²) >= 11 is 0. The highest BCUT2D eigenvalue weighted by atomic mass is 32.2. The predicted molar refractivity (Wildman–Crippen MR) is 73.0 cm³/mol. The molecule has 1 unspecified atom stereocenters. The molecule has 19 heavy (non-hydrogen) atoms. The second-order valence-corrected chi connectivity index (χ2v) is 7.11. The first kappa shape index (κ1) is 16.4. The molecule has 7 heteroatoms. The molecule has 1 heterocycles. The lowest BCUT2D eigenvalue weighted by Gasteiger charge is -2.26. The highest BCUT2D eigenvalue weighted by molar-refractivity contribution is 7.87. The molecule has 0 aliphatic carbocycles. The molecular formula is C12H24N2O4S. The van der Waals surface area contributed by atoms with Gasteiger partial charge in [-0.1, -0.05) is 19.8 Å². The fraction of sp³-hybridized carbons (Fsp3) is 0.917. The number of nitrogens with zero attached hydrogens (tertiary/aromatic N) is 1. The number of carboxylic acids is 1. The van der Waals surface area contributed by atoms with E-state index in [2.05, 4.69) is 4.72 Å². The van der Waals surface area contributed by atoms with Crippen LogP contribution in [-0.2, 0) is 15.0 Å². The fourth-order valence-corrected chi connectivity index (χ4v) is 3.40. The lowest BCUT2D eigenvalue weighted by molar-refractivity contribution is -0.147. The fourth-order valence-electron chi connectivity index (χ4n) is 1.98. The van der Waals surface area contributed by atoms with Crippen LogP contribution in [0.5, 0.6) is 0 Å². The van der Waals surface area contributed by atoms with E-state index in [4.69, 9.17) is 5.11 Å². The summed E-state index contributed by atoms with van der Waals surface area (Å²) in [5.74, 6) is -0.978. The van der Waals surface area contributed by atoms with Crippen LogP contribution in [0, 0.1) is 5.41 Å².